The van der Waals surface area contributed by atoms with E-state index in [9.17, 15) is 5.11 Å². The van der Waals surface area contributed by atoms with Crippen molar-refractivity contribution in [2.45, 2.75) is 6.92 Å². The molecule has 1 saturated heterocycles. The molecule has 0 amide bonds. The fourth-order valence-corrected chi connectivity index (χ4v) is 2.04. The zero-order valence-corrected chi connectivity index (χ0v) is 9.19. The van der Waals surface area contributed by atoms with Gasteiger partial charge in [-0.25, -0.2) is 0 Å². The Hall–Kier alpha value is -1.22. The smallest absolute Gasteiger partial charge is 0.138 e. The Morgan fingerprint density at radius 1 is 1.13 bits per heavy atom. The van der Waals surface area contributed by atoms with Gasteiger partial charge in [0, 0.05) is 26.2 Å². The molecule has 1 fully saturated rings. The normalized spacial score (nSPS) is 18.1. The van der Waals surface area contributed by atoms with Gasteiger partial charge in [-0.05, 0) is 18.7 Å². The van der Waals surface area contributed by atoms with Gasteiger partial charge in [-0.3, -0.25) is 0 Å². The summed E-state index contributed by atoms with van der Waals surface area (Å²) >= 11 is 0. The molecule has 3 heteroatoms. The van der Waals surface area contributed by atoms with Crippen molar-refractivity contribution in [2.75, 3.05) is 37.6 Å². The van der Waals surface area contributed by atoms with E-state index in [1.807, 2.05) is 18.2 Å². The first-order chi connectivity index (χ1) is 7.31. The van der Waals surface area contributed by atoms with E-state index >= 15 is 0 Å². The third-order valence-corrected chi connectivity index (χ3v) is 3.04. The number of phenolic OH excluding ortho intramolecular Hbond substituents is 1. The van der Waals surface area contributed by atoms with Gasteiger partial charge < -0.3 is 14.9 Å². The van der Waals surface area contributed by atoms with Crippen molar-refractivity contribution >= 4 is 5.69 Å². The van der Waals surface area contributed by atoms with Gasteiger partial charge in [0.15, 0.2) is 0 Å². The van der Waals surface area contributed by atoms with Crippen LogP contribution in [0.3, 0.4) is 0 Å². The van der Waals surface area contributed by atoms with Gasteiger partial charge in [-0.2, -0.15) is 0 Å². The third kappa shape index (κ3) is 2.23. The van der Waals surface area contributed by atoms with Crippen LogP contribution in [0, 0.1) is 0 Å². The van der Waals surface area contributed by atoms with Gasteiger partial charge in [0.05, 0.1) is 5.69 Å². The predicted molar refractivity (Wildman–Crippen MR) is 62.4 cm³/mol. The molecule has 1 aliphatic heterocycles. The maximum Gasteiger partial charge on any atom is 0.138 e. The highest BCUT2D eigenvalue weighted by atomic mass is 16.3. The number of benzene rings is 1. The molecule has 15 heavy (non-hydrogen) atoms. The molecule has 0 radical (unpaired) electrons. The van der Waals surface area contributed by atoms with Crippen LogP contribution in [-0.2, 0) is 0 Å². The Balaban J connectivity index is 2.04. The van der Waals surface area contributed by atoms with Crippen LogP contribution in [0.25, 0.3) is 0 Å². The minimum Gasteiger partial charge on any atom is -0.506 e. The number of likely N-dealkylation sites (N-methyl/N-ethyl adjacent to an activating group) is 1. The van der Waals surface area contributed by atoms with Gasteiger partial charge >= 0.3 is 0 Å². The summed E-state index contributed by atoms with van der Waals surface area (Å²) in [5, 5.41) is 9.73. The number of para-hydroxylation sites is 2. The van der Waals surface area contributed by atoms with Gasteiger partial charge in [-0.15, -0.1) is 0 Å². The highest BCUT2D eigenvalue weighted by molar-refractivity contribution is 5.57. The molecule has 0 spiro atoms. The summed E-state index contributed by atoms with van der Waals surface area (Å²) in [4.78, 5) is 4.68. The lowest BCUT2D eigenvalue weighted by atomic mass is 10.2. The molecule has 0 saturated carbocycles. The van der Waals surface area contributed by atoms with Crippen LogP contribution in [0.2, 0.25) is 0 Å². The van der Waals surface area contributed by atoms with E-state index in [1.54, 1.807) is 6.07 Å². The number of hydrogen-bond donors (Lipinski definition) is 1. The molecule has 1 aromatic rings. The number of piperazine rings is 1. The number of nitrogens with zero attached hydrogens (tertiary/aromatic N) is 2. The molecule has 0 aliphatic carbocycles. The van der Waals surface area contributed by atoms with Gasteiger partial charge in [-0.1, -0.05) is 19.1 Å². The summed E-state index contributed by atoms with van der Waals surface area (Å²) in [5.41, 5.74) is 0.966. The Kier molecular flexibility index (Phi) is 3.11. The second kappa shape index (κ2) is 4.53. The van der Waals surface area contributed by atoms with Crippen LogP contribution < -0.4 is 4.90 Å². The topological polar surface area (TPSA) is 26.7 Å². The second-order valence-electron chi connectivity index (χ2n) is 3.91. The fraction of sp³-hybridized carbons (Fsp3) is 0.500. The van der Waals surface area contributed by atoms with Crippen molar-refractivity contribution in [3.05, 3.63) is 24.3 Å². The second-order valence-corrected chi connectivity index (χ2v) is 3.91. The zero-order chi connectivity index (χ0) is 10.7. The summed E-state index contributed by atoms with van der Waals surface area (Å²) in [6.07, 6.45) is 0. The highest BCUT2D eigenvalue weighted by Gasteiger charge is 2.17. The van der Waals surface area contributed by atoms with Crippen molar-refractivity contribution in [3.63, 3.8) is 0 Å². The maximum atomic E-state index is 9.73. The van der Waals surface area contributed by atoms with Crippen LogP contribution >= 0.6 is 0 Å². The Bertz CT molecular complexity index is 319. The summed E-state index contributed by atoms with van der Waals surface area (Å²) < 4.78 is 0. The number of phenols is 1. The van der Waals surface area contributed by atoms with Crippen molar-refractivity contribution < 1.29 is 5.11 Å². The molecular weight excluding hydrogens is 188 g/mol. The van der Waals surface area contributed by atoms with Crippen molar-refractivity contribution in [1.82, 2.24) is 4.90 Å². The average molecular weight is 206 g/mol. The fourth-order valence-electron chi connectivity index (χ4n) is 2.04. The van der Waals surface area contributed by atoms with Crippen molar-refractivity contribution in [3.8, 4) is 5.75 Å². The molecule has 0 atom stereocenters. The van der Waals surface area contributed by atoms with E-state index in [4.69, 9.17) is 0 Å². The van der Waals surface area contributed by atoms with Crippen LogP contribution in [0.1, 0.15) is 6.92 Å². The van der Waals surface area contributed by atoms with E-state index in [-0.39, 0.29) is 0 Å². The van der Waals surface area contributed by atoms with Gasteiger partial charge in [0.25, 0.3) is 0 Å². The molecule has 1 N–H and O–H groups in total. The number of aromatic hydroxyl groups is 1. The molecule has 2 rings (SSSR count). The minimum absolute atomic E-state index is 0.391. The van der Waals surface area contributed by atoms with E-state index in [0.29, 0.717) is 5.75 Å². The number of anilines is 1. The van der Waals surface area contributed by atoms with Crippen LogP contribution in [0.15, 0.2) is 24.3 Å². The largest absolute Gasteiger partial charge is 0.506 e. The molecule has 3 nitrogen and oxygen atoms in total. The molecule has 1 aliphatic rings. The summed E-state index contributed by atoms with van der Waals surface area (Å²) in [6, 6.07) is 7.57. The van der Waals surface area contributed by atoms with Gasteiger partial charge in [0.1, 0.15) is 5.75 Å². The summed E-state index contributed by atoms with van der Waals surface area (Å²) in [5.74, 6) is 0.391. The first-order valence-electron chi connectivity index (χ1n) is 5.56. The van der Waals surface area contributed by atoms with Crippen LogP contribution in [0.4, 0.5) is 5.69 Å². The highest BCUT2D eigenvalue weighted by Crippen LogP contribution is 2.26. The molecule has 0 unspecified atom stereocenters. The Labute approximate surface area is 90.9 Å². The molecule has 0 bridgehead atoms. The first kappa shape index (κ1) is 10.3. The lowest BCUT2D eigenvalue weighted by molar-refractivity contribution is 0.270. The molecule has 1 heterocycles. The third-order valence-electron chi connectivity index (χ3n) is 3.04. The van der Waals surface area contributed by atoms with E-state index < -0.39 is 0 Å². The quantitative estimate of drug-likeness (QED) is 0.795. The van der Waals surface area contributed by atoms with E-state index in [0.717, 1.165) is 38.4 Å². The predicted octanol–water partition coefficient (Wildman–Crippen LogP) is 1.53. The lowest BCUT2D eigenvalue weighted by Gasteiger charge is -2.35. The summed E-state index contributed by atoms with van der Waals surface area (Å²) in [6.45, 7) is 7.50. The minimum atomic E-state index is 0.391. The standard InChI is InChI=1S/C12H18N2O/c1-2-13-7-9-14(10-8-13)11-5-3-4-6-12(11)15/h3-6,15H,2,7-10H2,1H3. The van der Waals surface area contributed by atoms with Crippen LogP contribution in [0.5, 0.6) is 5.75 Å². The van der Waals surface area contributed by atoms with Crippen molar-refractivity contribution in [1.29, 1.82) is 0 Å². The average Bonchev–Trinajstić information content (AvgIpc) is 2.30. The first-order valence-corrected chi connectivity index (χ1v) is 5.56. The Morgan fingerprint density at radius 3 is 2.40 bits per heavy atom. The van der Waals surface area contributed by atoms with E-state index in [2.05, 4.69) is 16.7 Å². The lowest BCUT2D eigenvalue weighted by Crippen LogP contribution is -2.46. The van der Waals surface area contributed by atoms with Crippen LogP contribution in [-0.4, -0.2) is 42.7 Å². The molecule has 1 aromatic carbocycles. The molecular formula is C12H18N2O. The van der Waals surface area contributed by atoms with Crippen molar-refractivity contribution in [2.24, 2.45) is 0 Å². The maximum absolute atomic E-state index is 9.73. The summed E-state index contributed by atoms with van der Waals surface area (Å²) in [7, 11) is 0. The van der Waals surface area contributed by atoms with E-state index in [1.165, 1.54) is 0 Å². The SMILES string of the molecule is CCN1CCN(c2ccccc2O)CC1. The number of hydrogen-bond acceptors (Lipinski definition) is 3. The monoisotopic (exact) mass is 206 g/mol. The Morgan fingerprint density at radius 2 is 1.80 bits per heavy atom. The molecule has 0 aromatic heterocycles. The van der Waals surface area contributed by atoms with Gasteiger partial charge in [0.2, 0.25) is 0 Å². The zero-order valence-electron chi connectivity index (χ0n) is 9.19. The molecule has 82 valence electrons. The number of rotatable bonds is 2.